The number of sulfonamides is 1. The van der Waals surface area contributed by atoms with E-state index in [0.29, 0.717) is 32.7 Å². The molecular formula is C11H26N2O4S. The number of ether oxygens (including phenoxy) is 2. The molecule has 1 N–H and O–H groups in total. The Kier molecular flexibility index (Phi) is 10.6. The fraction of sp³-hybridized carbons (Fsp3) is 1.00. The average molecular weight is 282 g/mol. The molecule has 0 aromatic heterocycles. The summed E-state index contributed by atoms with van der Waals surface area (Å²) in [7, 11) is -0.0904. The van der Waals surface area contributed by atoms with E-state index in [2.05, 4.69) is 5.32 Å². The molecule has 0 fully saturated rings. The van der Waals surface area contributed by atoms with E-state index in [1.165, 1.54) is 4.31 Å². The summed E-state index contributed by atoms with van der Waals surface area (Å²) in [5, 5.41) is 3.11. The predicted molar refractivity (Wildman–Crippen MR) is 72.3 cm³/mol. The second-order valence-corrected chi connectivity index (χ2v) is 6.00. The molecule has 0 rings (SSSR count). The first-order valence-corrected chi connectivity index (χ1v) is 7.85. The van der Waals surface area contributed by atoms with Crippen LogP contribution in [-0.2, 0) is 19.5 Å². The van der Waals surface area contributed by atoms with Crippen molar-refractivity contribution in [3.05, 3.63) is 0 Å². The Morgan fingerprint density at radius 3 is 2.11 bits per heavy atom. The number of rotatable bonds is 12. The fourth-order valence-electron chi connectivity index (χ4n) is 1.46. The number of nitrogens with one attached hydrogen (secondary N) is 1. The number of nitrogens with zero attached hydrogens (tertiary/aromatic N) is 1. The zero-order valence-electron chi connectivity index (χ0n) is 11.6. The van der Waals surface area contributed by atoms with Crippen LogP contribution < -0.4 is 5.32 Å². The Morgan fingerprint density at radius 2 is 1.67 bits per heavy atom. The summed E-state index contributed by atoms with van der Waals surface area (Å²) in [5.74, 6) is 0.160. The highest BCUT2D eigenvalue weighted by Crippen LogP contribution is 2.03. The molecule has 0 saturated heterocycles. The van der Waals surface area contributed by atoms with E-state index in [-0.39, 0.29) is 5.75 Å². The zero-order chi connectivity index (χ0) is 13.9. The molecule has 0 unspecified atom stereocenters. The van der Waals surface area contributed by atoms with Gasteiger partial charge in [0.15, 0.2) is 0 Å². The maximum absolute atomic E-state index is 12.1. The van der Waals surface area contributed by atoms with E-state index in [0.717, 1.165) is 13.1 Å². The Bertz CT molecular complexity index is 275. The molecule has 0 aliphatic carbocycles. The number of methoxy groups -OCH3 is 2. The smallest absolute Gasteiger partial charge is 0.214 e. The number of hydrogen-bond acceptors (Lipinski definition) is 5. The molecule has 6 nitrogen and oxygen atoms in total. The summed E-state index contributed by atoms with van der Waals surface area (Å²) in [6.45, 7) is 5.13. The molecule has 110 valence electrons. The van der Waals surface area contributed by atoms with E-state index in [1.807, 2.05) is 6.92 Å². The van der Waals surface area contributed by atoms with Crippen LogP contribution in [0.15, 0.2) is 0 Å². The maximum atomic E-state index is 12.1. The van der Waals surface area contributed by atoms with Crippen LogP contribution in [0.3, 0.4) is 0 Å². The van der Waals surface area contributed by atoms with E-state index >= 15 is 0 Å². The molecule has 0 aromatic rings. The summed E-state index contributed by atoms with van der Waals surface area (Å²) in [6, 6.07) is 0. The lowest BCUT2D eigenvalue weighted by atomic mass is 10.5. The van der Waals surface area contributed by atoms with Gasteiger partial charge in [-0.25, -0.2) is 8.42 Å². The van der Waals surface area contributed by atoms with Gasteiger partial charge in [0, 0.05) is 27.3 Å². The normalized spacial score (nSPS) is 12.2. The molecule has 0 amide bonds. The highest BCUT2D eigenvalue weighted by atomic mass is 32.2. The summed E-state index contributed by atoms with van der Waals surface area (Å²) in [4.78, 5) is 0. The standard InChI is InChI=1S/C11H26N2O4S/c1-4-12-6-5-11-18(14,15)13(7-9-16-2)8-10-17-3/h12H,4-11H2,1-3H3. The van der Waals surface area contributed by atoms with Gasteiger partial charge in [0.05, 0.1) is 19.0 Å². The summed E-state index contributed by atoms with van der Waals surface area (Å²) in [6.07, 6.45) is 0.618. The summed E-state index contributed by atoms with van der Waals surface area (Å²) < 4.78 is 35.5. The highest BCUT2D eigenvalue weighted by molar-refractivity contribution is 7.89. The highest BCUT2D eigenvalue weighted by Gasteiger charge is 2.20. The van der Waals surface area contributed by atoms with Crippen LogP contribution >= 0.6 is 0 Å². The van der Waals surface area contributed by atoms with E-state index < -0.39 is 10.0 Å². The van der Waals surface area contributed by atoms with Crippen LogP contribution in [0, 0.1) is 0 Å². The average Bonchev–Trinajstić information content (AvgIpc) is 2.34. The first kappa shape index (κ1) is 17.8. The third-order valence-corrected chi connectivity index (χ3v) is 4.45. The summed E-state index contributed by atoms with van der Waals surface area (Å²) in [5.41, 5.74) is 0. The quantitative estimate of drug-likeness (QED) is 0.507. The van der Waals surface area contributed by atoms with Gasteiger partial charge in [0.2, 0.25) is 10.0 Å². The van der Waals surface area contributed by atoms with E-state index in [4.69, 9.17) is 9.47 Å². The second-order valence-electron chi connectivity index (χ2n) is 3.91. The molecule has 0 bridgehead atoms. The Labute approximate surface area is 111 Å². The van der Waals surface area contributed by atoms with Crippen LogP contribution in [0.1, 0.15) is 13.3 Å². The lowest BCUT2D eigenvalue weighted by Gasteiger charge is -2.21. The topological polar surface area (TPSA) is 67.9 Å². The molecule has 0 saturated carbocycles. The molecule has 0 aliphatic rings. The second kappa shape index (κ2) is 10.7. The van der Waals surface area contributed by atoms with Gasteiger partial charge < -0.3 is 14.8 Å². The zero-order valence-corrected chi connectivity index (χ0v) is 12.5. The van der Waals surface area contributed by atoms with Crippen molar-refractivity contribution < 1.29 is 17.9 Å². The first-order valence-electron chi connectivity index (χ1n) is 6.25. The molecule has 7 heteroatoms. The van der Waals surface area contributed by atoms with Crippen molar-refractivity contribution in [3.8, 4) is 0 Å². The lowest BCUT2D eigenvalue weighted by Crippen LogP contribution is -2.38. The SMILES string of the molecule is CCNCCCS(=O)(=O)N(CCOC)CCOC. The summed E-state index contributed by atoms with van der Waals surface area (Å²) >= 11 is 0. The van der Waals surface area contributed by atoms with Gasteiger partial charge in [-0.1, -0.05) is 6.92 Å². The van der Waals surface area contributed by atoms with Gasteiger partial charge in [-0.15, -0.1) is 0 Å². The first-order chi connectivity index (χ1) is 8.58. The van der Waals surface area contributed by atoms with Crippen LogP contribution in [0.4, 0.5) is 0 Å². The molecule has 0 aromatic carbocycles. The van der Waals surface area contributed by atoms with Crippen LogP contribution in [0.2, 0.25) is 0 Å². The third-order valence-electron chi connectivity index (χ3n) is 2.49. The van der Waals surface area contributed by atoms with Crippen molar-refractivity contribution in [3.63, 3.8) is 0 Å². The van der Waals surface area contributed by atoms with E-state index in [9.17, 15) is 8.42 Å². The minimum Gasteiger partial charge on any atom is -0.383 e. The van der Waals surface area contributed by atoms with E-state index in [1.54, 1.807) is 14.2 Å². The van der Waals surface area contributed by atoms with Crippen molar-refractivity contribution in [2.24, 2.45) is 0 Å². The number of hydrogen-bond donors (Lipinski definition) is 1. The molecule has 0 atom stereocenters. The minimum absolute atomic E-state index is 0.160. The predicted octanol–water partition coefficient (Wildman–Crippen LogP) is -0.0894. The fourth-order valence-corrected chi connectivity index (χ4v) is 2.93. The molecule has 0 aliphatic heterocycles. The monoisotopic (exact) mass is 282 g/mol. The van der Waals surface area contributed by atoms with Crippen molar-refractivity contribution >= 4 is 10.0 Å². The Morgan fingerprint density at radius 1 is 1.11 bits per heavy atom. The lowest BCUT2D eigenvalue weighted by molar-refractivity contribution is 0.150. The molecule has 0 heterocycles. The minimum atomic E-state index is -3.21. The largest absolute Gasteiger partial charge is 0.383 e. The van der Waals surface area contributed by atoms with Crippen LogP contribution in [-0.4, -0.2) is 72.1 Å². The third kappa shape index (κ3) is 7.99. The molecule has 0 spiro atoms. The van der Waals surface area contributed by atoms with Gasteiger partial charge in [-0.3, -0.25) is 0 Å². The molecule has 18 heavy (non-hydrogen) atoms. The van der Waals surface area contributed by atoms with Crippen molar-refractivity contribution in [1.82, 2.24) is 9.62 Å². The Hall–Kier alpha value is -0.210. The van der Waals surface area contributed by atoms with Gasteiger partial charge in [-0.2, -0.15) is 4.31 Å². The van der Waals surface area contributed by atoms with Crippen molar-refractivity contribution in [2.45, 2.75) is 13.3 Å². The van der Waals surface area contributed by atoms with Gasteiger partial charge in [0.1, 0.15) is 0 Å². The Balaban J connectivity index is 4.24. The maximum Gasteiger partial charge on any atom is 0.214 e. The van der Waals surface area contributed by atoms with Crippen LogP contribution in [0.25, 0.3) is 0 Å². The van der Waals surface area contributed by atoms with Crippen LogP contribution in [0.5, 0.6) is 0 Å². The van der Waals surface area contributed by atoms with Gasteiger partial charge in [0.25, 0.3) is 0 Å². The van der Waals surface area contributed by atoms with Crippen molar-refractivity contribution in [1.29, 1.82) is 0 Å². The molecule has 0 radical (unpaired) electrons. The van der Waals surface area contributed by atoms with Crippen molar-refractivity contribution in [2.75, 3.05) is 59.4 Å². The van der Waals surface area contributed by atoms with Gasteiger partial charge in [-0.05, 0) is 19.5 Å². The molecular weight excluding hydrogens is 256 g/mol. The van der Waals surface area contributed by atoms with Gasteiger partial charge >= 0.3 is 0 Å².